The number of hydrogen-bond donors (Lipinski definition) is 2. The highest BCUT2D eigenvalue weighted by Crippen LogP contribution is 2.20. The molecule has 1 atom stereocenters. The second kappa shape index (κ2) is 8.92. The molecule has 0 unspecified atom stereocenters. The summed E-state index contributed by atoms with van der Waals surface area (Å²) in [5, 5.41) is 5.98. The van der Waals surface area contributed by atoms with Crippen LogP contribution in [0.3, 0.4) is 0 Å². The van der Waals surface area contributed by atoms with Gasteiger partial charge in [0.25, 0.3) is 0 Å². The number of halogens is 1. The summed E-state index contributed by atoms with van der Waals surface area (Å²) < 4.78 is 0. The van der Waals surface area contributed by atoms with E-state index in [1.165, 1.54) is 11.8 Å². The normalized spacial score (nSPS) is 11.7. The van der Waals surface area contributed by atoms with E-state index in [0.29, 0.717) is 10.7 Å². The minimum atomic E-state index is -0.337. The van der Waals surface area contributed by atoms with Gasteiger partial charge in [-0.1, -0.05) is 23.7 Å². The van der Waals surface area contributed by atoms with Crippen molar-refractivity contribution in [2.24, 2.45) is 0 Å². The molecule has 2 amide bonds. The van der Waals surface area contributed by atoms with Gasteiger partial charge in [0.2, 0.25) is 11.8 Å². The van der Waals surface area contributed by atoms with E-state index in [4.69, 9.17) is 11.6 Å². The van der Waals surface area contributed by atoms with E-state index in [2.05, 4.69) is 10.6 Å². The molecule has 0 radical (unpaired) electrons. The number of nitrogens with one attached hydrogen (secondary N) is 2. The highest BCUT2D eigenvalue weighted by molar-refractivity contribution is 8.01. The molecule has 2 N–H and O–H groups in total. The monoisotopic (exact) mass is 376 g/mol. The SMILES string of the molecule is Cc1cccc(NC(=O)[C@@H](C)SCC(=O)Nc2ccc(Cl)cc2)c1C. The van der Waals surface area contributed by atoms with Crippen LogP contribution in [-0.2, 0) is 9.59 Å². The summed E-state index contributed by atoms with van der Waals surface area (Å²) >= 11 is 7.11. The Morgan fingerprint density at radius 2 is 1.76 bits per heavy atom. The second-order valence-electron chi connectivity index (χ2n) is 5.75. The van der Waals surface area contributed by atoms with Gasteiger partial charge in [0.1, 0.15) is 0 Å². The van der Waals surface area contributed by atoms with Crippen molar-refractivity contribution in [3.8, 4) is 0 Å². The van der Waals surface area contributed by atoms with Gasteiger partial charge < -0.3 is 10.6 Å². The lowest BCUT2D eigenvalue weighted by molar-refractivity contribution is -0.115. The highest BCUT2D eigenvalue weighted by Gasteiger charge is 2.16. The molecule has 0 heterocycles. The Balaban J connectivity index is 1.83. The van der Waals surface area contributed by atoms with Crippen molar-refractivity contribution in [1.29, 1.82) is 0 Å². The third-order valence-electron chi connectivity index (χ3n) is 3.82. The van der Waals surface area contributed by atoms with E-state index in [-0.39, 0.29) is 22.8 Å². The van der Waals surface area contributed by atoms with E-state index in [1.807, 2.05) is 32.0 Å². The molecular formula is C19H21ClN2O2S. The number of amides is 2. The fourth-order valence-electron chi connectivity index (χ4n) is 2.13. The molecule has 4 nitrogen and oxygen atoms in total. The van der Waals surface area contributed by atoms with Crippen LogP contribution in [0.2, 0.25) is 5.02 Å². The standard InChI is InChI=1S/C19H21ClN2O2S/c1-12-5-4-6-17(13(12)2)22-19(24)14(3)25-11-18(23)21-16-9-7-15(20)8-10-16/h4-10,14H,11H2,1-3H3,(H,21,23)(H,22,24)/t14-/m1/s1. The molecule has 0 aliphatic carbocycles. The quantitative estimate of drug-likeness (QED) is 0.771. The zero-order chi connectivity index (χ0) is 18.4. The van der Waals surface area contributed by atoms with E-state index in [1.54, 1.807) is 31.2 Å². The average Bonchev–Trinajstić information content (AvgIpc) is 2.58. The van der Waals surface area contributed by atoms with Gasteiger partial charge in [-0.15, -0.1) is 11.8 Å². The number of rotatable bonds is 6. The molecular weight excluding hydrogens is 356 g/mol. The molecule has 0 bridgehead atoms. The van der Waals surface area contributed by atoms with Crippen molar-refractivity contribution in [3.63, 3.8) is 0 Å². The predicted octanol–water partition coefficient (Wildman–Crippen LogP) is 4.66. The Morgan fingerprint density at radius 3 is 2.44 bits per heavy atom. The van der Waals surface area contributed by atoms with Crippen molar-refractivity contribution < 1.29 is 9.59 Å². The fourth-order valence-corrected chi connectivity index (χ4v) is 2.94. The van der Waals surface area contributed by atoms with Gasteiger partial charge in [0, 0.05) is 16.4 Å². The maximum atomic E-state index is 12.3. The number of aryl methyl sites for hydroxylation is 1. The van der Waals surface area contributed by atoms with Crippen molar-refractivity contribution in [2.45, 2.75) is 26.0 Å². The van der Waals surface area contributed by atoms with Gasteiger partial charge >= 0.3 is 0 Å². The van der Waals surface area contributed by atoms with E-state index < -0.39 is 0 Å². The van der Waals surface area contributed by atoms with Gasteiger partial charge in [-0.05, 0) is 62.2 Å². The molecule has 2 aromatic carbocycles. The first-order valence-electron chi connectivity index (χ1n) is 7.91. The molecule has 0 aliphatic heterocycles. The summed E-state index contributed by atoms with van der Waals surface area (Å²) in [5.74, 6) is -0.0685. The second-order valence-corrected chi connectivity index (χ2v) is 7.51. The molecule has 25 heavy (non-hydrogen) atoms. The molecule has 0 fully saturated rings. The zero-order valence-electron chi connectivity index (χ0n) is 14.4. The van der Waals surface area contributed by atoms with Crippen LogP contribution >= 0.6 is 23.4 Å². The molecule has 132 valence electrons. The van der Waals surface area contributed by atoms with Crippen LogP contribution in [0.1, 0.15) is 18.1 Å². The van der Waals surface area contributed by atoms with Gasteiger partial charge in [0.15, 0.2) is 0 Å². The lowest BCUT2D eigenvalue weighted by atomic mass is 10.1. The van der Waals surface area contributed by atoms with Crippen LogP contribution < -0.4 is 10.6 Å². The number of thioether (sulfide) groups is 1. The van der Waals surface area contributed by atoms with Crippen molar-refractivity contribution in [2.75, 3.05) is 16.4 Å². The highest BCUT2D eigenvalue weighted by atomic mass is 35.5. The van der Waals surface area contributed by atoms with Crippen molar-refractivity contribution in [1.82, 2.24) is 0 Å². The number of anilines is 2. The Hall–Kier alpha value is -1.98. The molecule has 0 saturated heterocycles. The van der Waals surface area contributed by atoms with Gasteiger partial charge in [-0.2, -0.15) is 0 Å². The van der Waals surface area contributed by atoms with Gasteiger partial charge in [-0.25, -0.2) is 0 Å². The summed E-state index contributed by atoms with van der Waals surface area (Å²) in [4.78, 5) is 24.3. The molecule has 6 heteroatoms. The largest absolute Gasteiger partial charge is 0.325 e. The number of hydrogen-bond acceptors (Lipinski definition) is 3. The summed E-state index contributed by atoms with van der Waals surface area (Å²) in [6.07, 6.45) is 0. The van der Waals surface area contributed by atoms with Gasteiger partial charge in [-0.3, -0.25) is 9.59 Å². The lowest BCUT2D eigenvalue weighted by Crippen LogP contribution is -2.25. The Bertz CT molecular complexity index is 763. The van der Waals surface area contributed by atoms with E-state index >= 15 is 0 Å². The minimum absolute atomic E-state index is 0.113. The summed E-state index contributed by atoms with van der Waals surface area (Å²) in [6, 6.07) is 12.7. The predicted molar refractivity (Wildman–Crippen MR) is 107 cm³/mol. The van der Waals surface area contributed by atoms with Crippen LogP contribution in [0.25, 0.3) is 0 Å². The summed E-state index contributed by atoms with van der Waals surface area (Å²) in [7, 11) is 0. The van der Waals surface area contributed by atoms with Crippen LogP contribution in [0.15, 0.2) is 42.5 Å². The first-order chi connectivity index (χ1) is 11.9. The summed E-state index contributed by atoms with van der Waals surface area (Å²) in [6.45, 7) is 5.77. The van der Waals surface area contributed by atoms with Crippen LogP contribution in [0.5, 0.6) is 0 Å². The third kappa shape index (κ3) is 5.80. The molecule has 0 spiro atoms. The van der Waals surface area contributed by atoms with Crippen LogP contribution in [-0.4, -0.2) is 22.8 Å². The third-order valence-corrected chi connectivity index (χ3v) is 5.22. The maximum Gasteiger partial charge on any atom is 0.237 e. The fraction of sp³-hybridized carbons (Fsp3) is 0.263. The van der Waals surface area contributed by atoms with Gasteiger partial charge in [0.05, 0.1) is 11.0 Å². The maximum absolute atomic E-state index is 12.3. The first-order valence-corrected chi connectivity index (χ1v) is 9.33. The number of benzene rings is 2. The number of carbonyl (C=O) groups is 2. The molecule has 2 rings (SSSR count). The smallest absolute Gasteiger partial charge is 0.237 e. The van der Waals surface area contributed by atoms with Crippen LogP contribution in [0, 0.1) is 13.8 Å². The average molecular weight is 377 g/mol. The van der Waals surface area contributed by atoms with Crippen molar-refractivity contribution >= 4 is 46.6 Å². The lowest BCUT2D eigenvalue weighted by Gasteiger charge is -2.14. The van der Waals surface area contributed by atoms with E-state index in [9.17, 15) is 9.59 Å². The summed E-state index contributed by atoms with van der Waals surface area (Å²) in [5.41, 5.74) is 3.67. The van der Waals surface area contributed by atoms with E-state index in [0.717, 1.165) is 16.8 Å². The van der Waals surface area contributed by atoms with Crippen LogP contribution in [0.4, 0.5) is 11.4 Å². The molecule has 0 aliphatic rings. The Kier molecular flexibility index (Phi) is 6.91. The molecule has 2 aromatic rings. The molecule has 0 aromatic heterocycles. The topological polar surface area (TPSA) is 58.2 Å². The Morgan fingerprint density at radius 1 is 1.08 bits per heavy atom. The number of carbonyl (C=O) groups excluding carboxylic acids is 2. The molecule has 0 saturated carbocycles. The first kappa shape index (κ1) is 19.3. The Labute approximate surface area is 157 Å². The minimum Gasteiger partial charge on any atom is -0.325 e. The zero-order valence-corrected chi connectivity index (χ0v) is 16.0. The van der Waals surface area contributed by atoms with Crippen molar-refractivity contribution in [3.05, 3.63) is 58.6 Å².